The Balaban J connectivity index is 2.32. The van der Waals surface area contributed by atoms with Crippen molar-refractivity contribution >= 4 is 5.96 Å². The molecular weight excluding hydrogens is 216 g/mol. The number of hydrogen-bond donors (Lipinski definition) is 2. The lowest BCUT2D eigenvalue weighted by Gasteiger charge is -2.09. The highest BCUT2D eigenvalue weighted by Gasteiger charge is 2.03. The molecule has 17 heavy (non-hydrogen) atoms. The van der Waals surface area contributed by atoms with Crippen molar-refractivity contribution in [2.45, 2.75) is 39.7 Å². The number of unbranched alkanes of at least 4 members (excludes halogenated alkanes) is 1. The third kappa shape index (κ3) is 4.89. The number of nitrogens with zero attached hydrogens (tertiary/aromatic N) is 2. The Hall–Kier alpha value is -1.52. The summed E-state index contributed by atoms with van der Waals surface area (Å²) in [5, 5.41) is 10.4. The quantitative estimate of drug-likeness (QED) is 0.450. The van der Waals surface area contributed by atoms with Crippen LogP contribution in [0.15, 0.2) is 15.6 Å². The molecular formula is C12H22N4O. The lowest BCUT2D eigenvalue weighted by atomic mass is 10.3. The maximum atomic E-state index is 5.18. The second kappa shape index (κ2) is 7.70. The van der Waals surface area contributed by atoms with E-state index in [-0.39, 0.29) is 0 Å². The zero-order valence-corrected chi connectivity index (χ0v) is 10.9. The van der Waals surface area contributed by atoms with Crippen molar-refractivity contribution in [3.05, 3.63) is 17.5 Å². The van der Waals surface area contributed by atoms with Crippen molar-refractivity contribution in [3.8, 4) is 0 Å². The number of aryl methyl sites for hydroxylation is 1. The Morgan fingerprint density at radius 2 is 2.24 bits per heavy atom. The fourth-order valence-electron chi connectivity index (χ4n) is 1.38. The van der Waals surface area contributed by atoms with Gasteiger partial charge < -0.3 is 15.2 Å². The van der Waals surface area contributed by atoms with E-state index in [1.54, 1.807) is 7.05 Å². The van der Waals surface area contributed by atoms with Crippen LogP contribution in [0.3, 0.4) is 0 Å². The predicted octanol–water partition coefficient (Wildman–Crippen LogP) is 1.70. The third-order valence-corrected chi connectivity index (χ3v) is 2.45. The van der Waals surface area contributed by atoms with Crippen LogP contribution in [0.25, 0.3) is 0 Å². The zero-order chi connectivity index (χ0) is 12.5. The van der Waals surface area contributed by atoms with E-state index >= 15 is 0 Å². The van der Waals surface area contributed by atoms with Gasteiger partial charge in [0.1, 0.15) is 0 Å². The van der Waals surface area contributed by atoms with Gasteiger partial charge in [0.15, 0.2) is 11.7 Å². The molecule has 5 nitrogen and oxygen atoms in total. The fraction of sp³-hybridized carbons (Fsp3) is 0.667. The average Bonchev–Trinajstić information content (AvgIpc) is 2.81. The summed E-state index contributed by atoms with van der Waals surface area (Å²) in [5.74, 6) is 1.63. The first-order chi connectivity index (χ1) is 8.30. The maximum absolute atomic E-state index is 5.18. The topological polar surface area (TPSA) is 62.5 Å². The number of hydrogen-bond acceptors (Lipinski definition) is 3. The molecule has 2 N–H and O–H groups in total. The van der Waals surface area contributed by atoms with Crippen LogP contribution >= 0.6 is 0 Å². The van der Waals surface area contributed by atoms with Gasteiger partial charge in [-0.05, 0) is 12.8 Å². The van der Waals surface area contributed by atoms with E-state index in [0.717, 1.165) is 36.8 Å². The van der Waals surface area contributed by atoms with E-state index < -0.39 is 0 Å². The van der Waals surface area contributed by atoms with Crippen LogP contribution in [-0.4, -0.2) is 24.7 Å². The van der Waals surface area contributed by atoms with Crippen molar-refractivity contribution in [1.29, 1.82) is 0 Å². The monoisotopic (exact) mass is 238 g/mol. The van der Waals surface area contributed by atoms with Gasteiger partial charge >= 0.3 is 0 Å². The summed E-state index contributed by atoms with van der Waals surface area (Å²) >= 11 is 0. The predicted molar refractivity (Wildman–Crippen MR) is 69.0 cm³/mol. The molecule has 1 rings (SSSR count). The largest absolute Gasteiger partial charge is 0.359 e. The molecule has 1 aromatic rings. The first kappa shape index (κ1) is 13.5. The molecule has 0 aliphatic carbocycles. The molecule has 0 unspecified atom stereocenters. The summed E-state index contributed by atoms with van der Waals surface area (Å²) in [7, 11) is 1.76. The van der Waals surface area contributed by atoms with Crippen LogP contribution in [0.5, 0.6) is 0 Å². The number of guanidine groups is 1. The molecule has 0 radical (unpaired) electrons. The number of aliphatic imine (C=N–C) groups is 1. The van der Waals surface area contributed by atoms with E-state index in [4.69, 9.17) is 4.52 Å². The van der Waals surface area contributed by atoms with Gasteiger partial charge in [-0.2, -0.15) is 0 Å². The fourth-order valence-corrected chi connectivity index (χ4v) is 1.38. The molecule has 96 valence electrons. The van der Waals surface area contributed by atoms with Crippen LogP contribution in [0, 0.1) is 0 Å². The number of rotatable bonds is 6. The van der Waals surface area contributed by atoms with E-state index in [2.05, 4.69) is 34.6 Å². The highest BCUT2D eigenvalue weighted by molar-refractivity contribution is 5.79. The Labute approximate surface area is 103 Å². The van der Waals surface area contributed by atoms with Crippen molar-refractivity contribution in [1.82, 2.24) is 15.8 Å². The minimum absolute atomic E-state index is 0.610. The summed E-state index contributed by atoms with van der Waals surface area (Å²) in [6.07, 6.45) is 3.21. The van der Waals surface area contributed by atoms with Gasteiger partial charge in [-0.25, -0.2) is 0 Å². The summed E-state index contributed by atoms with van der Waals surface area (Å²) in [6.45, 7) is 5.77. The summed E-state index contributed by atoms with van der Waals surface area (Å²) in [4.78, 5) is 4.13. The van der Waals surface area contributed by atoms with Crippen LogP contribution in [0.1, 0.15) is 38.1 Å². The van der Waals surface area contributed by atoms with Crippen LogP contribution in [0.2, 0.25) is 0 Å². The molecule has 0 amide bonds. The van der Waals surface area contributed by atoms with Crippen LogP contribution in [0.4, 0.5) is 0 Å². The second-order valence-electron chi connectivity index (χ2n) is 3.84. The molecule has 0 bridgehead atoms. The molecule has 1 aromatic heterocycles. The van der Waals surface area contributed by atoms with E-state index in [0.29, 0.717) is 6.54 Å². The van der Waals surface area contributed by atoms with Crippen LogP contribution < -0.4 is 10.6 Å². The minimum atomic E-state index is 0.610. The molecule has 0 aromatic carbocycles. The Morgan fingerprint density at radius 3 is 2.82 bits per heavy atom. The van der Waals surface area contributed by atoms with Gasteiger partial charge in [-0.15, -0.1) is 0 Å². The maximum Gasteiger partial charge on any atom is 0.191 e. The van der Waals surface area contributed by atoms with Gasteiger partial charge in [0.05, 0.1) is 12.2 Å². The van der Waals surface area contributed by atoms with Gasteiger partial charge in [0.2, 0.25) is 0 Å². The standard InChI is InChI=1S/C12H22N4O/c1-4-6-7-14-12(13-3)15-9-11-8-10(5-2)16-17-11/h8H,4-7,9H2,1-3H3,(H2,13,14,15). The molecule has 0 aliphatic rings. The SMILES string of the molecule is CCCCNC(=NC)NCc1cc(CC)no1. The summed E-state index contributed by atoms with van der Waals surface area (Å²) in [5.41, 5.74) is 0.982. The smallest absolute Gasteiger partial charge is 0.191 e. The van der Waals surface area contributed by atoms with Gasteiger partial charge in [-0.3, -0.25) is 4.99 Å². The summed E-state index contributed by atoms with van der Waals surface area (Å²) in [6, 6.07) is 1.96. The molecule has 0 atom stereocenters. The Kier molecular flexibility index (Phi) is 6.14. The molecule has 0 aliphatic heterocycles. The van der Waals surface area contributed by atoms with Crippen LogP contribution in [-0.2, 0) is 13.0 Å². The minimum Gasteiger partial charge on any atom is -0.359 e. The van der Waals surface area contributed by atoms with E-state index in [1.165, 1.54) is 6.42 Å². The Morgan fingerprint density at radius 1 is 1.41 bits per heavy atom. The van der Waals surface area contributed by atoms with E-state index in [9.17, 15) is 0 Å². The third-order valence-electron chi connectivity index (χ3n) is 2.45. The van der Waals surface area contributed by atoms with Crippen molar-refractivity contribution in [2.24, 2.45) is 4.99 Å². The first-order valence-electron chi connectivity index (χ1n) is 6.19. The van der Waals surface area contributed by atoms with E-state index in [1.807, 2.05) is 6.07 Å². The average molecular weight is 238 g/mol. The van der Waals surface area contributed by atoms with Gasteiger partial charge in [0.25, 0.3) is 0 Å². The lowest BCUT2D eigenvalue weighted by Crippen LogP contribution is -2.37. The first-order valence-corrected chi connectivity index (χ1v) is 6.19. The number of nitrogens with one attached hydrogen (secondary N) is 2. The summed E-state index contributed by atoms with van der Waals surface area (Å²) < 4.78 is 5.18. The van der Waals surface area contributed by atoms with Crippen molar-refractivity contribution < 1.29 is 4.52 Å². The second-order valence-corrected chi connectivity index (χ2v) is 3.84. The molecule has 5 heteroatoms. The lowest BCUT2D eigenvalue weighted by molar-refractivity contribution is 0.374. The highest BCUT2D eigenvalue weighted by atomic mass is 16.5. The van der Waals surface area contributed by atoms with Crippen molar-refractivity contribution in [2.75, 3.05) is 13.6 Å². The highest BCUT2D eigenvalue weighted by Crippen LogP contribution is 2.03. The molecule has 1 heterocycles. The number of aromatic nitrogens is 1. The Bertz CT molecular complexity index is 346. The molecule has 0 saturated heterocycles. The van der Waals surface area contributed by atoms with Crippen molar-refractivity contribution in [3.63, 3.8) is 0 Å². The normalized spacial score (nSPS) is 11.6. The molecule has 0 saturated carbocycles. The molecule has 0 fully saturated rings. The van der Waals surface area contributed by atoms with Gasteiger partial charge in [-0.1, -0.05) is 25.4 Å². The molecule has 0 spiro atoms. The zero-order valence-electron chi connectivity index (χ0n) is 10.9. The van der Waals surface area contributed by atoms with Gasteiger partial charge in [0, 0.05) is 19.7 Å².